The van der Waals surface area contributed by atoms with Gasteiger partial charge in [0.2, 0.25) is 0 Å². The molecule has 1 heterocycles. The SMILES string of the molecule is Nc1ccccc1N1CC1. The first-order valence-corrected chi connectivity index (χ1v) is 3.47. The second-order valence-corrected chi connectivity index (χ2v) is 2.55. The normalized spacial score (nSPS) is 15.4. The molecular formula is C8H10N2. The van der Waals surface area contributed by atoms with E-state index in [1.807, 2.05) is 18.2 Å². The average Bonchev–Trinajstić information content (AvgIpc) is 2.71. The number of benzene rings is 1. The van der Waals surface area contributed by atoms with Crippen molar-refractivity contribution in [3.8, 4) is 0 Å². The summed E-state index contributed by atoms with van der Waals surface area (Å²) in [6.45, 7) is 2.32. The van der Waals surface area contributed by atoms with E-state index in [2.05, 4.69) is 11.0 Å². The van der Waals surface area contributed by atoms with Crippen LogP contribution < -0.4 is 10.6 Å². The standard InChI is InChI=1S/C8H10N2/c9-7-3-1-2-4-8(7)10-5-6-10/h1-4H,5-6,9H2. The molecule has 1 aromatic carbocycles. The molecule has 1 aliphatic rings. The van der Waals surface area contributed by atoms with Crippen molar-refractivity contribution in [3.05, 3.63) is 24.3 Å². The van der Waals surface area contributed by atoms with Gasteiger partial charge in [-0.1, -0.05) is 12.1 Å². The number of nitrogen functional groups attached to an aromatic ring is 1. The monoisotopic (exact) mass is 134 g/mol. The van der Waals surface area contributed by atoms with Gasteiger partial charge in [0.05, 0.1) is 11.4 Å². The zero-order chi connectivity index (χ0) is 6.97. The Bertz CT molecular complexity index is 241. The topological polar surface area (TPSA) is 29.0 Å². The lowest BCUT2D eigenvalue weighted by Gasteiger charge is -2.04. The maximum Gasteiger partial charge on any atom is 0.0601 e. The third-order valence-corrected chi connectivity index (χ3v) is 1.72. The lowest BCUT2D eigenvalue weighted by molar-refractivity contribution is 1.40. The van der Waals surface area contributed by atoms with Crippen molar-refractivity contribution in [2.75, 3.05) is 23.7 Å². The molecule has 1 aliphatic heterocycles. The Hall–Kier alpha value is -1.18. The van der Waals surface area contributed by atoms with E-state index in [0.29, 0.717) is 0 Å². The number of nitrogens with zero attached hydrogens (tertiary/aromatic N) is 1. The Morgan fingerprint density at radius 2 is 1.90 bits per heavy atom. The van der Waals surface area contributed by atoms with Crippen molar-refractivity contribution in [3.63, 3.8) is 0 Å². The van der Waals surface area contributed by atoms with Crippen LogP contribution in [-0.4, -0.2) is 13.1 Å². The van der Waals surface area contributed by atoms with Gasteiger partial charge in [-0.15, -0.1) is 0 Å². The van der Waals surface area contributed by atoms with E-state index in [1.165, 1.54) is 5.69 Å². The molecule has 0 radical (unpaired) electrons. The molecule has 10 heavy (non-hydrogen) atoms. The molecular weight excluding hydrogens is 124 g/mol. The molecule has 0 bridgehead atoms. The van der Waals surface area contributed by atoms with Crippen molar-refractivity contribution in [1.82, 2.24) is 0 Å². The van der Waals surface area contributed by atoms with E-state index >= 15 is 0 Å². The van der Waals surface area contributed by atoms with Crippen molar-refractivity contribution < 1.29 is 0 Å². The smallest absolute Gasteiger partial charge is 0.0601 e. The minimum atomic E-state index is 0.889. The van der Waals surface area contributed by atoms with Gasteiger partial charge < -0.3 is 10.6 Å². The summed E-state index contributed by atoms with van der Waals surface area (Å²) in [4.78, 5) is 2.25. The second-order valence-electron chi connectivity index (χ2n) is 2.55. The maximum atomic E-state index is 5.72. The zero-order valence-corrected chi connectivity index (χ0v) is 5.75. The van der Waals surface area contributed by atoms with Gasteiger partial charge in [-0.3, -0.25) is 0 Å². The predicted octanol–water partition coefficient (Wildman–Crippen LogP) is 1.09. The first-order chi connectivity index (χ1) is 4.88. The average molecular weight is 134 g/mol. The lowest BCUT2D eigenvalue weighted by Crippen LogP contribution is -1.95. The van der Waals surface area contributed by atoms with Crippen LogP contribution in [0.2, 0.25) is 0 Å². The molecule has 0 aromatic heterocycles. The minimum absolute atomic E-state index is 0.889. The van der Waals surface area contributed by atoms with Crippen molar-refractivity contribution in [1.29, 1.82) is 0 Å². The Kier molecular flexibility index (Phi) is 1.07. The Balaban J connectivity index is 2.39. The summed E-state index contributed by atoms with van der Waals surface area (Å²) in [5.41, 5.74) is 7.79. The molecule has 2 nitrogen and oxygen atoms in total. The first kappa shape index (κ1) is 5.59. The van der Waals surface area contributed by atoms with E-state index < -0.39 is 0 Å². The molecule has 1 aromatic rings. The van der Waals surface area contributed by atoms with E-state index in [-0.39, 0.29) is 0 Å². The van der Waals surface area contributed by atoms with Gasteiger partial charge in [0.25, 0.3) is 0 Å². The summed E-state index contributed by atoms with van der Waals surface area (Å²) in [5, 5.41) is 0. The second kappa shape index (κ2) is 1.90. The van der Waals surface area contributed by atoms with E-state index in [0.717, 1.165) is 18.8 Å². The van der Waals surface area contributed by atoms with Crippen LogP contribution in [0.1, 0.15) is 0 Å². The van der Waals surface area contributed by atoms with E-state index in [9.17, 15) is 0 Å². The zero-order valence-electron chi connectivity index (χ0n) is 5.75. The fourth-order valence-electron chi connectivity index (χ4n) is 1.07. The summed E-state index contributed by atoms with van der Waals surface area (Å²) in [5.74, 6) is 0. The van der Waals surface area contributed by atoms with Crippen LogP contribution in [0.3, 0.4) is 0 Å². The molecule has 2 N–H and O–H groups in total. The van der Waals surface area contributed by atoms with Gasteiger partial charge in [0.1, 0.15) is 0 Å². The number of anilines is 2. The number of hydrogen-bond donors (Lipinski definition) is 1. The highest BCUT2D eigenvalue weighted by molar-refractivity contribution is 5.69. The summed E-state index contributed by atoms with van der Waals surface area (Å²) in [6.07, 6.45) is 0. The van der Waals surface area contributed by atoms with Gasteiger partial charge in [0, 0.05) is 13.1 Å². The number of hydrogen-bond acceptors (Lipinski definition) is 2. The van der Waals surface area contributed by atoms with Gasteiger partial charge in [-0.25, -0.2) is 0 Å². The Morgan fingerprint density at radius 3 is 2.50 bits per heavy atom. The molecule has 2 heteroatoms. The molecule has 0 saturated carbocycles. The van der Waals surface area contributed by atoms with Crippen LogP contribution in [0.15, 0.2) is 24.3 Å². The minimum Gasteiger partial charge on any atom is -0.397 e. The molecule has 2 rings (SSSR count). The highest BCUT2D eigenvalue weighted by Gasteiger charge is 2.18. The van der Waals surface area contributed by atoms with Gasteiger partial charge >= 0.3 is 0 Å². The highest BCUT2D eigenvalue weighted by atomic mass is 15.3. The first-order valence-electron chi connectivity index (χ1n) is 3.47. The number of rotatable bonds is 1. The Labute approximate surface area is 60.3 Å². The third kappa shape index (κ3) is 0.817. The third-order valence-electron chi connectivity index (χ3n) is 1.72. The van der Waals surface area contributed by atoms with Crippen LogP contribution in [0.4, 0.5) is 11.4 Å². The largest absolute Gasteiger partial charge is 0.397 e. The fraction of sp³-hybridized carbons (Fsp3) is 0.250. The van der Waals surface area contributed by atoms with Crippen molar-refractivity contribution >= 4 is 11.4 Å². The van der Waals surface area contributed by atoms with E-state index in [4.69, 9.17) is 5.73 Å². The summed E-state index contributed by atoms with van der Waals surface area (Å²) in [6, 6.07) is 7.97. The molecule has 52 valence electrons. The fourth-order valence-corrected chi connectivity index (χ4v) is 1.07. The summed E-state index contributed by atoms with van der Waals surface area (Å²) < 4.78 is 0. The summed E-state index contributed by atoms with van der Waals surface area (Å²) in [7, 11) is 0. The van der Waals surface area contributed by atoms with Gasteiger partial charge in [-0.2, -0.15) is 0 Å². The lowest BCUT2D eigenvalue weighted by atomic mass is 10.3. The van der Waals surface area contributed by atoms with Crippen LogP contribution in [-0.2, 0) is 0 Å². The molecule has 0 spiro atoms. The molecule has 0 unspecified atom stereocenters. The number of nitrogens with two attached hydrogens (primary N) is 1. The molecule has 0 amide bonds. The maximum absolute atomic E-state index is 5.72. The van der Waals surface area contributed by atoms with Gasteiger partial charge in [-0.05, 0) is 12.1 Å². The Morgan fingerprint density at radius 1 is 1.20 bits per heavy atom. The van der Waals surface area contributed by atoms with Gasteiger partial charge in [0.15, 0.2) is 0 Å². The van der Waals surface area contributed by atoms with Crippen molar-refractivity contribution in [2.45, 2.75) is 0 Å². The molecule has 1 fully saturated rings. The summed E-state index contributed by atoms with van der Waals surface area (Å²) >= 11 is 0. The molecule has 1 saturated heterocycles. The van der Waals surface area contributed by atoms with Crippen LogP contribution in [0.5, 0.6) is 0 Å². The van der Waals surface area contributed by atoms with E-state index in [1.54, 1.807) is 0 Å². The van der Waals surface area contributed by atoms with Crippen LogP contribution in [0, 0.1) is 0 Å². The number of para-hydroxylation sites is 2. The molecule has 0 atom stereocenters. The van der Waals surface area contributed by atoms with Crippen molar-refractivity contribution in [2.24, 2.45) is 0 Å². The molecule has 0 aliphatic carbocycles. The highest BCUT2D eigenvalue weighted by Crippen LogP contribution is 2.26. The van der Waals surface area contributed by atoms with Crippen LogP contribution >= 0.6 is 0 Å². The quantitative estimate of drug-likeness (QED) is 0.460. The van der Waals surface area contributed by atoms with Crippen LogP contribution in [0.25, 0.3) is 0 Å². The predicted molar refractivity (Wildman–Crippen MR) is 43.1 cm³/mol.